The molecule has 7 heteroatoms. The Kier molecular flexibility index (Phi) is 6.86. The second-order valence-corrected chi connectivity index (χ2v) is 9.35. The molecule has 1 aromatic carbocycles. The van der Waals surface area contributed by atoms with Crippen molar-refractivity contribution in [2.75, 3.05) is 44.6 Å². The molecule has 3 aromatic rings. The van der Waals surface area contributed by atoms with Gasteiger partial charge in [0, 0.05) is 44.1 Å². The quantitative estimate of drug-likeness (QED) is 0.596. The number of rotatable bonds is 7. The minimum Gasteiger partial charge on any atom is -0.360 e. The van der Waals surface area contributed by atoms with Crippen LogP contribution >= 0.6 is 0 Å². The van der Waals surface area contributed by atoms with Crippen LogP contribution in [0.25, 0.3) is 16.9 Å². The molecule has 0 spiro atoms. The van der Waals surface area contributed by atoms with E-state index in [0.717, 1.165) is 54.8 Å². The summed E-state index contributed by atoms with van der Waals surface area (Å²) < 4.78 is 1.96. The van der Waals surface area contributed by atoms with Gasteiger partial charge in [-0.1, -0.05) is 62.4 Å². The fraction of sp³-hybridized carbons (Fsp3) is 0.500. The topological polar surface area (TPSA) is 65.8 Å². The van der Waals surface area contributed by atoms with Crippen LogP contribution < -0.4 is 5.32 Å². The number of carbonyl (C=O) groups is 1. The van der Waals surface area contributed by atoms with Crippen LogP contribution in [-0.2, 0) is 4.79 Å². The molecule has 2 aliphatic rings. The third-order valence-electron chi connectivity index (χ3n) is 7.19. The van der Waals surface area contributed by atoms with Gasteiger partial charge in [-0.05, 0) is 18.9 Å². The SMILES string of the molecule is O=C(CNc1c(-c2ccccc2)nc2cnccn12)N1CCN(CCC2CCCCC2)CC1. The number of amides is 1. The number of hydrogen-bond donors (Lipinski definition) is 1. The summed E-state index contributed by atoms with van der Waals surface area (Å²) in [5.41, 5.74) is 2.62. The number of nitrogens with one attached hydrogen (secondary N) is 1. The Morgan fingerprint density at radius 1 is 1.03 bits per heavy atom. The molecular formula is C26H34N6O. The first-order valence-corrected chi connectivity index (χ1v) is 12.4. The van der Waals surface area contributed by atoms with E-state index in [9.17, 15) is 4.79 Å². The third kappa shape index (κ3) is 5.19. The lowest BCUT2D eigenvalue weighted by atomic mass is 9.87. The number of fused-ring (bicyclic) bond motifs is 1. The smallest absolute Gasteiger partial charge is 0.242 e. The van der Waals surface area contributed by atoms with E-state index >= 15 is 0 Å². The Bertz CT molecular complexity index is 1050. The van der Waals surface area contributed by atoms with E-state index in [0.29, 0.717) is 0 Å². The van der Waals surface area contributed by atoms with E-state index < -0.39 is 0 Å². The van der Waals surface area contributed by atoms with Gasteiger partial charge in [0.25, 0.3) is 0 Å². The Labute approximate surface area is 195 Å². The molecule has 1 aliphatic carbocycles. The van der Waals surface area contributed by atoms with E-state index in [1.807, 2.05) is 45.8 Å². The van der Waals surface area contributed by atoms with E-state index in [-0.39, 0.29) is 12.5 Å². The van der Waals surface area contributed by atoms with Gasteiger partial charge in [0.15, 0.2) is 5.65 Å². The molecule has 174 valence electrons. The first-order chi connectivity index (χ1) is 16.3. The van der Waals surface area contributed by atoms with Crippen molar-refractivity contribution in [1.29, 1.82) is 0 Å². The molecule has 3 heterocycles. The van der Waals surface area contributed by atoms with E-state index in [1.165, 1.54) is 45.1 Å². The highest BCUT2D eigenvalue weighted by Crippen LogP contribution is 2.28. The lowest BCUT2D eigenvalue weighted by Crippen LogP contribution is -2.50. The van der Waals surface area contributed by atoms with Gasteiger partial charge >= 0.3 is 0 Å². The van der Waals surface area contributed by atoms with Gasteiger partial charge in [0.1, 0.15) is 11.5 Å². The van der Waals surface area contributed by atoms with Crippen molar-refractivity contribution >= 4 is 17.4 Å². The predicted molar refractivity (Wildman–Crippen MR) is 131 cm³/mol. The Hall–Kier alpha value is -2.93. The summed E-state index contributed by atoms with van der Waals surface area (Å²) in [4.78, 5) is 26.5. The maximum Gasteiger partial charge on any atom is 0.242 e. The number of hydrogen-bond acceptors (Lipinski definition) is 5. The van der Waals surface area contributed by atoms with Crippen LogP contribution in [0.2, 0.25) is 0 Å². The molecule has 2 fully saturated rings. The number of anilines is 1. The van der Waals surface area contributed by atoms with Crippen LogP contribution in [0.4, 0.5) is 5.82 Å². The number of nitrogens with zero attached hydrogens (tertiary/aromatic N) is 5. The van der Waals surface area contributed by atoms with Crippen LogP contribution in [-0.4, -0.2) is 69.3 Å². The standard InChI is InChI=1S/C26H34N6O/c33-24(31-17-15-30(16-18-31)13-11-21-7-3-1-4-8-21)20-28-26-25(22-9-5-2-6-10-22)29-23-19-27-12-14-32(23)26/h2,5-6,9-10,12,14,19,21,28H,1,3-4,7-8,11,13,15-18,20H2. The Balaban J connectivity index is 1.17. The number of benzene rings is 1. The summed E-state index contributed by atoms with van der Waals surface area (Å²) in [6.45, 7) is 5.03. The van der Waals surface area contributed by atoms with E-state index in [4.69, 9.17) is 4.98 Å². The van der Waals surface area contributed by atoms with Crippen molar-refractivity contribution in [3.63, 3.8) is 0 Å². The van der Waals surface area contributed by atoms with Gasteiger partial charge in [-0.15, -0.1) is 0 Å². The molecule has 1 aliphatic heterocycles. The lowest BCUT2D eigenvalue weighted by Gasteiger charge is -2.35. The third-order valence-corrected chi connectivity index (χ3v) is 7.19. The second-order valence-electron chi connectivity index (χ2n) is 9.35. The average molecular weight is 447 g/mol. The fourth-order valence-electron chi connectivity index (χ4n) is 5.21. The molecular weight excluding hydrogens is 412 g/mol. The van der Waals surface area contributed by atoms with Gasteiger partial charge in [-0.3, -0.25) is 19.1 Å². The van der Waals surface area contributed by atoms with Gasteiger partial charge in [0.2, 0.25) is 5.91 Å². The van der Waals surface area contributed by atoms with E-state index in [2.05, 4.69) is 15.2 Å². The van der Waals surface area contributed by atoms with Crippen LogP contribution in [0.1, 0.15) is 38.5 Å². The largest absolute Gasteiger partial charge is 0.360 e. The first-order valence-electron chi connectivity index (χ1n) is 12.4. The van der Waals surface area contributed by atoms with Crippen LogP contribution in [0.15, 0.2) is 48.9 Å². The molecule has 0 unspecified atom stereocenters. The molecule has 5 rings (SSSR count). The first kappa shape index (κ1) is 21.9. The molecule has 1 saturated heterocycles. The highest BCUT2D eigenvalue weighted by atomic mass is 16.2. The molecule has 1 saturated carbocycles. The number of aromatic nitrogens is 3. The van der Waals surface area contributed by atoms with E-state index in [1.54, 1.807) is 12.4 Å². The fourth-order valence-corrected chi connectivity index (χ4v) is 5.21. The zero-order chi connectivity index (χ0) is 22.5. The van der Waals surface area contributed by atoms with Crippen molar-refractivity contribution in [3.8, 4) is 11.3 Å². The summed E-state index contributed by atoms with van der Waals surface area (Å²) in [5, 5.41) is 3.38. The van der Waals surface area contributed by atoms with Crippen LogP contribution in [0.3, 0.4) is 0 Å². The molecule has 0 radical (unpaired) electrons. The summed E-state index contributed by atoms with van der Waals surface area (Å²) in [5.74, 6) is 1.89. The van der Waals surface area contributed by atoms with Crippen LogP contribution in [0.5, 0.6) is 0 Å². The zero-order valence-electron chi connectivity index (χ0n) is 19.3. The minimum absolute atomic E-state index is 0.143. The highest BCUT2D eigenvalue weighted by molar-refractivity contribution is 5.83. The van der Waals surface area contributed by atoms with Crippen molar-refractivity contribution in [3.05, 3.63) is 48.9 Å². The number of carbonyl (C=O) groups excluding carboxylic acids is 1. The summed E-state index contributed by atoms with van der Waals surface area (Å²) in [7, 11) is 0. The Morgan fingerprint density at radius 3 is 2.61 bits per heavy atom. The van der Waals surface area contributed by atoms with Gasteiger partial charge < -0.3 is 10.2 Å². The lowest BCUT2D eigenvalue weighted by molar-refractivity contribution is -0.131. The Morgan fingerprint density at radius 2 is 1.82 bits per heavy atom. The molecule has 33 heavy (non-hydrogen) atoms. The van der Waals surface area contributed by atoms with Crippen LogP contribution in [0, 0.1) is 5.92 Å². The molecule has 1 amide bonds. The molecule has 7 nitrogen and oxygen atoms in total. The maximum absolute atomic E-state index is 13.0. The number of imidazole rings is 1. The molecule has 0 bridgehead atoms. The van der Waals surface area contributed by atoms with Crippen molar-refractivity contribution in [1.82, 2.24) is 24.2 Å². The average Bonchev–Trinajstić information content (AvgIpc) is 3.26. The summed E-state index contributed by atoms with van der Waals surface area (Å²) in [6.07, 6.45) is 13.7. The van der Waals surface area contributed by atoms with Crippen molar-refractivity contribution in [2.45, 2.75) is 38.5 Å². The van der Waals surface area contributed by atoms with Crippen molar-refractivity contribution < 1.29 is 4.79 Å². The summed E-state index contributed by atoms with van der Waals surface area (Å²) >= 11 is 0. The molecule has 0 atom stereocenters. The minimum atomic E-state index is 0.143. The summed E-state index contributed by atoms with van der Waals surface area (Å²) in [6, 6.07) is 10.1. The van der Waals surface area contributed by atoms with Gasteiger partial charge in [0.05, 0.1) is 12.7 Å². The van der Waals surface area contributed by atoms with Crippen molar-refractivity contribution in [2.24, 2.45) is 5.92 Å². The monoisotopic (exact) mass is 446 g/mol. The zero-order valence-corrected chi connectivity index (χ0v) is 19.3. The highest BCUT2D eigenvalue weighted by Gasteiger charge is 2.23. The number of piperazine rings is 1. The predicted octanol–water partition coefficient (Wildman–Crippen LogP) is 3.92. The van der Waals surface area contributed by atoms with Gasteiger partial charge in [-0.25, -0.2) is 4.98 Å². The molecule has 1 N–H and O–H groups in total. The van der Waals surface area contributed by atoms with Gasteiger partial charge in [-0.2, -0.15) is 0 Å². The maximum atomic E-state index is 13.0. The second kappa shape index (κ2) is 10.3. The molecule has 2 aromatic heterocycles. The normalized spacial score (nSPS) is 18.0.